The number of rotatable bonds is 1. The van der Waals surface area contributed by atoms with Crippen molar-refractivity contribution in [3.05, 3.63) is 23.3 Å². The average molecular weight is 309 g/mol. The van der Waals surface area contributed by atoms with Crippen LogP contribution in [0.5, 0.6) is 5.75 Å². The molecule has 1 rings (SSSR count). The molecule has 0 fully saturated rings. The summed E-state index contributed by atoms with van der Waals surface area (Å²) in [6, 6.07) is -0.566. The van der Waals surface area contributed by atoms with Gasteiger partial charge in [-0.15, -0.1) is 0 Å². The van der Waals surface area contributed by atoms with Gasteiger partial charge >= 0.3 is 12.4 Å². The van der Waals surface area contributed by atoms with Gasteiger partial charge in [-0.05, 0) is 12.1 Å². The molecule has 11 heteroatoms. The second-order valence-electron chi connectivity index (χ2n) is 3.41. The summed E-state index contributed by atoms with van der Waals surface area (Å²) in [5.74, 6) is -1.87. The van der Waals surface area contributed by atoms with Gasteiger partial charge in [-0.25, -0.2) is 13.6 Å². The van der Waals surface area contributed by atoms with Crippen molar-refractivity contribution < 1.29 is 39.9 Å². The van der Waals surface area contributed by atoms with Crippen LogP contribution in [0.1, 0.15) is 11.1 Å². The Morgan fingerprint density at radius 1 is 1.00 bits per heavy atom. The second-order valence-corrected chi connectivity index (χ2v) is 4.94. The van der Waals surface area contributed by atoms with Crippen molar-refractivity contribution in [2.24, 2.45) is 5.14 Å². The van der Waals surface area contributed by atoms with Crippen LogP contribution >= 0.6 is 0 Å². The van der Waals surface area contributed by atoms with Crippen molar-refractivity contribution in [1.82, 2.24) is 0 Å². The normalized spacial score (nSPS) is 13.6. The van der Waals surface area contributed by atoms with E-state index in [2.05, 4.69) is 5.14 Å². The lowest BCUT2D eigenvalue weighted by Crippen LogP contribution is -2.18. The van der Waals surface area contributed by atoms with E-state index in [1.54, 1.807) is 0 Å². The van der Waals surface area contributed by atoms with Gasteiger partial charge in [-0.2, -0.15) is 26.3 Å². The van der Waals surface area contributed by atoms with Gasteiger partial charge in [-0.3, -0.25) is 0 Å². The van der Waals surface area contributed by atoms with Gasteiger partial charge in [-0.1, -0.05) is 0 Å². The number of nitrogens with two attached hydrogens (primary N) is 1. The van der Waals surface area contributed by atoms with E-state index < -0.39 is 50.2 Å². The van der Waals surface area contributed by atoms with Crippen LogP contribution in [0.25, 0.3) is 0 Å². The molecule has 0 aromatic heterocycles. The van der Waals surface area contributed by atoms with Crippen molar-refractivity contribution >= 4 is 10.0 Å². The highest BCUT2D eigenvalue weighted by Crippen LogP contribution is 2.42. The molecule has 3 N–H and O–H groups in total. The maximum atomic E-state index is 12.4. The Hall–Kier alpha value is -1.49. The quantitative estimate of drug-likeness (QED) is 0.779. The van der Waals surface area contributed by atoms with Gasteiger partial charge in [0.25, 0.3) is 0 Å². The van der Waals surface area contributed by atoms with E-state index in [9.17, 15) is 34.8 Å². The third-order valence-corrected chi connectivity index (χ3v) is 2.94. The van der Waals surface area contributed by atoms with Crippen molar-refractivity contribution in [1.29, 1.82) is 0 Å². The maximum absolute atomic E-state index is 12.4. The molecule has 0 spiro atoms. The first-order valence-electron chi connectivity index (χ1n) is 4.29. The van der Waals surface area contributed by atoms with Gasteiger partial charge in [0.05, 0.1) is 11.1 Å². The molecule has 0 atom stereocenters. The van der Waals surface area contributed by atoms with E-state index >= 15 is 0 Å². The van der Waals surface area contributed by atoms with Crippen LogP contribution < -0.4 is 5.14 Å². The number of alkyl halides is 6. The van der Waals surface area contributed by atoms with Crippen LogP contribution in [0, 0.1) is 0 Å². The van der Waals surface area contributed by atoms with Crippen molar-refractivity contribution in [3.8, 4) is 5.75 Å². The molecule has 0 unspecified atom stereocenters. The number of aromatic hydroxyl groups is 1. The first-order chi connectivity index (χ1) is 8.24. The number of hydrogen-bond donors (Lipinski definition) is 2. The molecule has 0 aliphatic heterocycles. The third kappa shape index (κ3) is 3.29. The van der Waals surface area contributed by atoms with Gasteiger partial charge in [0, 0.05) is 0 Å². The summed E-state index contributed by atoms with van der Waals surface area (Å²) in [4.78, 5) is -1.64. The zero-order valence-electron chi connectivity index (χ0n) is 8.67. The van der Waals surface area contributed by atoms with Crippen LogP contribution in [0.4, 0.5) is 26.3 Å². The molecule has 0 aliphatic carbocycles. The van der Waals surface area contributed by atoms with E-state index in [4.69, 9.17) is 5.11 Å². The van der Waals surface area contributed by atoms with Crippen molar-refractivity contribution in [2.45, 2.75) is 17.2 Å². The molecule has 4 nitrogen and oxygen atoms in total. The highest BCUT2D eigenvalue weighted by Gasteiger charge is 2.41. The van der Waals surface area contributed by atoms with E-state index in [1.807, 2.05) is 0 Å². The molecular formula is C8H5F6NO3S. The molecule has 0 amide bonds. The summed E-state index contributed by atoms with van der Waals surface area (Å²) in [6.07, 6.45) is -10.6. The minimum Gasteiger partial charge on any atom is -0.506 e. The number of phenols is 1. The minimum atomic E-state index is -5.37. The van der Waals surface area contributed by atoms with Crippen LogP contribution in [0.2, 0.25) is 0 Å². The fourth-order valence-electron chi connectivity index (χ4n) is 1.20. The first-order valence-corrected chi connectivity index (χ1v) is 5.83. The molecular weight excluding hydrogens is 304 g/mol. The molecule has 1 aromatic carbocycles. The Kier molecular flexibility index (Phi) is 3.50. The molecule has 19 heavy (non-hydrogen) atoms. The Labute approximate surface area is 102 Å². The monoisotopic (exact) mass is 309 g/mol. The standard InChI is InChI=1S/C8H5F6NO3S/c9-7(10,11)3-1-4(8(12,13)14)6(16)5(2-3)19(15,17)18/h1-2,16H,(H2,15,17,18). The molecule has 0 radical (unpaired) electrons. The highest BCUT2D eigenvalue weighted by molar-refractivity contribution is 7.89. The molecule has 108 valence electrons. The number of primary sulfonamides is 1. The molecule has 1 aromatic rings. The van der Waals surface area contributed by atoms with Crippen molar-refractivity contribution in [2.75, 3.05) is 0 Å². The third-order valence-electron chi connectivity index (χ3n) is 2.01. The Balaban J connectivity index is 3.78. The molecule has 0 heterocycles. The number of sulfonamides is 1. The van der Waals surface area contributed by atoms with Crippen LogP contribution in [0.3, 0.4) is 0 Å². The minimum absolute atomic E-state index is 0.167. The van der Waals surface area contributed by atoms with Crippen LogP contribution in [-0.2, 0) is 22.4 Å². The highest BCUT2D eigenvalue weighted by atomic mass is 32.2. The molecule has 0 aliphatic rings. The topological polar surface area (TPSA) is 80.4 Å². The van der Waals surface area contributed by atoms with Crippen LogP contribution in [0.15, 0.2) is 17.0 Å². The fourth-order valence-corrected chi connectivity index (χ4v) is 1.88. The Morgan fingerprint density at radius 3 is 1.79 bits per heavy atom. The molecule has 0 bridgehead atoms. The average Bonchev–Trinajstić information content (AvgIpc) is 2.11. The van der Waals surface area contributed by atoms with E-state index in [-0.39, 0.29) is 6.07 Å². The van der Waals surface area contributed by atoms with Crippen LogP contribution in [-0.4, -0.2) is 13.5 Å². The lowest BCUT2D eigenvalue weighted by atomic mass is 10.1. The Bertz CT molecular complexity index is 604. The predicted molar refractivity (Wildman–Crippen MR) is 49.5 cm³/mol. The number of phenolic OH excluding ortho intramolecular Hbond substituents is 1. The van der Waals surface area contributed by atoms with Gasteiger partial charge in [0.1, 0.15) is 10.6 Å². The fraction of sp³-hybridized carbons (Fsp3) is 0.250. The number of benzene rings is 1. The SMILES string of the molecule is NS(=O)(=O)c1cc(C(F)(F)F)cc(C(F)(F)F)c1O. The van der Waals surface area contributed by atoms with E-state index in [1.165, 1.54) is 0 Å². The van der Waals surface area contributed by atoms with Gasteiger partial charge < -0.3 is 5.11 Å². The lowest BCUT2D eigenvalue weighted by molar-refractivity contribution is -0.144. The van der Waals surface area contributed by atoms with Gasteiger partial charge in [0.2, 0.25) is 10.0 Å². The second kappa shape index (κ2) is 4.27. The summed E-state index contributed by atoms with van der Waals surface area (Å²) < 4.78 is 96.2. The summed E-state index contributed by atoms with van der Waals surface area (Å²) >= 11 is 0. The maximum Gasteiger partial charge on any atom is 0.420 e. The van der Waals surface area contributed by atoms with Crippen molar-refractivity contribution in [3.63, 3.8) is 0 Å². The number of halogens is 6. The smallest absolute Gasteiger partial charge is 0.420 e. The first kappa shape index (κ1) is 15.6. The summed E-state index contributed by atoms with van der Waals surface area (Å²) in [7, 11) is -4.95. The summed E-state index contributed by atoms with van der Waals surface area (Å²) in [6.45, 7) is 0. The summed E-state index contributed by atoms with van der Waals surface area (Å²) in [5.41, 5.74) is -4.02. The largest absolute Gasteiger partial charge is 0.506 e. The zero-order chi connectivity index (χ0) is 15.2. The number of hydrogen-bond acceptors (Lipinski definition) is 3. The summed E-state index contributed by atoms with van der Waals surface area (Å²) in [5, 5.41) is 13.6. The van der Waals surface area contributed by atoms with E-state index in [0.29, 0.717) is 0 Å². The zero-order valence-corrected chi connectivity index (χ0v) is 9.49. The molecule has 0 saturated carbocycles. The predicted octanol–water partition coefficient (Wildman–Crippen LogP) is 2.08. The molecule has 0 saturated heterocycles. The van der Waals surface area contributed by atoms with E-state index in [0.717, 1.165) is 0 Å². The lowest BCUT2D eigenvalue weighted by Gasteiger charge is -2.15. The Morgan fingerprint density at radius 2 is 1.47 bits per heavy atom. The van der Waals surface area contributed by atoms with Gasteiger partial charge in [0.15, 0.2) is 0 Å².